The van der Waals surface area contributed by atoms with E-state index in [-0.39, 0.29) is 18.4 Å². The van der Waals surface area contributed by atoms with E-state index in [9.17, 15) is 9.59 Å². The molecule has 4 rings (SSSR count). The Hall–Kier alpha value is -3.80. The lowest BCUT2D eigenvalue weighted by Gasteiger charge is -2.33. The first kappa shape index (κ1) is 27.2. The van der Waals surface area contributed by atoms with Gasteiger partial charge in [-0.05, 0) is 67.5 Å². The quantitative estimate of drug-likeness (QED) is 0.326. The van der Waals surface area contributed by atoms with Crippen molar-refractivity contribution in [2.75, 3.05) is 19.8 Å². The van der Waals surface area contributed by atoms with Gasteiger partial charge >= 0.3 is 0 Å². The van der Waals surface area contributed by atoms with E-state index in [1.165, 1.54) is 0 Å². The maximum absolute atomic E-state index is 13.9. The van der Waals surface area contributed by atoms with E-state index in [0.717, 1.165) is 41.7 Å². The van der Waals surface area contributed by atoms with Crippen LogP contribution in [0.2, 0.25) is 0 Å². The van der Waals surface area contributed by atoms with Crippen LogP contribution in [0.3, 0.4) is 0 Å². The number of carbonyl (C=O) groups excluding carboxylic acids is 2. The largest absolute Gasteiger partial charge is 0.493 e. The molecule has 1 aliphatic rings. The summed E-state index contributed by atoms with van der Waals surface area (Å²) in [5.41, 5.74) is 3.07. The van der Waals surface area contributed by atoms with Gasteiger partial charge in [0.1, 0.15) is 17.5 Å². The molecule has 1 unspecified atom stereocenters. The van der Waals surface area contributed by atoms with Gasteiger partial charge in [0.15, 0.2) is 6.61 Å². The summed E-state index contributed by atoms with van der Waals surface area (Å²) in [7, 11) is 0. The van der Waals surface area contributed by atoms with Crippen molar-refractivity contribution in [3.8, 4) is 11.5 Å². The first-order chi connectivity index (χ1) is 18.5. The van der Waals surface area contributed by atoms with Crippen molar-refractivity contribution in [1.29, 1.82) is 0 Å². The van der Waals surface area contributed by atoms with Crippen molar-refractivity contribution in [2.24, 2.45) is 0 Å². The summed E-state index contributed by atoms with van der Waals surface area (Å²) in [6.45, 7) is 6.20. The zero-order valence-corrected chi connectivity index (χ0v) is 22.5. The molecule has 38 heavy (non-hydrogen) atoms. The maximum Gasteiger partial charge on any atom is 0.261 e. The van der Waals surface area contributed by atoms with Crippen LogP contribution in [-0.2, 0) is 22.7 Å². The lowest BCUT2D eigenvalue weighted by molar-refractivity contribution is -0.147. The molecular formula is C32H38N2O4. The molecule has 3 aromatic carbocycles. The Morgan fingerprint density at radius 3 is 2.39 bits per heavy atom. The van der Waals surface area contributed by atoms with Crippen molar-refractivity contribution in [2.45, 2.75) is 58.7 Å². The molecule has 3 aromatic rings. The van der Waals surface area contributed by atoms with Crippen molar-refractivity contribution in [3.63, 3.8) is 0 Å². The molecule has 1 fully saturated rings. The highest BCUT2D eigenvalue weighted by Gasteiger charge is 2.34. The van der Waals surface area contributed by atoms with Crippen molar-refractivity contribution >= 4 is 11.8 Å². The van der Waals surface area contributed by atoms with Crippen LogP contribution in [0.1, 0.15) is 49.3 Å². The van der Waals surface area contributed by atoms with E-state index in [1.54, 1.807) is 4.90 Å². The van der Waals surface area contributed by atoms with Gasteiger partial charge in [0.2, 0.25) is 5.91 Å². The van der Waals surface area contributed by atoms with Crippen molar-refractivity contribution in [3.05, 3.63) is 95.6 Å². The molecule has 1 atom stereocenters. The highest BCUT2D eigenvalue weighted by Crippen LogP contribution is 2.25. The first-order valence-corrected chi connectivity index (χ1v) is 13.6. The predicted molar refractivity (Wildman–Crippen MR) is 149 cm³/mol. The summed E-state index contributed by atoms with van der Waals surface area (Å²) in [6, 6.07) is 24.8. The number of hydrogen-bond acceptors (Lipinski definition) is 4. The fraction of sp³-hybridized carbons (Fsp3) is 0.375. The molecule has 6 heteroatoms. The third kappa shape index (κ3) is 7.37. The minimum atomic E-state index is -0.538. The zero-order valence-electron chi connectivity index (χ0n) is 22.5. The summed E-state index contributed by atoms with van der Waals surface area (Å²) in [6.07, 6.45) is 3.38. The second kappa shape index (κ2) is 13.7. The van der Waals surface area contributed by atoms with Gasteiger partial charge in [-0.3, -0.25) is 9.59 Å². The highest BCUT2D eigenvalue weighted by molar-refractivity contribution is 5.88. The van der Waals surface area contributed by atoms with Gasteiger partial charge in [-0.15, -0.1) is 0 Å². The van der Waals surface area contributed by atoms with Crippen LogP contribution < -0.4 is 9.47 Å². The van der Waals surface area contributed by atoms with Crippen LogP contribution in [0.15, 0.2) is 78.9 Å². The molecule has 2 amide bonds. The van der Waals surface area contributed by atoms with Crippen LogP contribution in [0.5, 0.6) is 11.5 Å². The van der Waals surface area contributed by atoms with Crippen LogP contribution >= 0.6 is 0 Å². The lowest BCUT2D eigenvalue weighted by atomic mass is 10.1. The molecule has 6 nitrogen and oxygen atoms in total. The number of rotatable bonds is 11. The number of benzene rings is 3. The summed E-state index contributed by atoms with van der Waals surface area (Å²) in [4.78, 5) is 31.1. The van der Waals surface area contributed by atoms with Gasteiger partial charge in [0.05, 0.1) is 6.61 Å². The van der Waals surface area contributed by atoms with Crippen molar-refractivity contribution < 1.29 is 19.1 Å². The van der Waals surface area contributed by atoms with Gasteiger partial charge in [0.25, 0.3) is 5.91 Å². The number of carbonyl (C=O) groups is 2. The fourth-order valence-electron chi connectivity index (χ4n) is 4.83. The number of ether oxygens (including phenoxy) is 2. The smallest absolute Gasteiger partial charge is 0.261 e. The van der Waals surface area contributed by atoms with E-state index >= 15 is 0 Å². The average molecular weight is 515 g/mol. The van der Waals surface area contributed by atoms with Gasteiger partial charge < -0.3 is 19.3 Å². The molecule has 0 aromatic heterocycles. The van der Waals surface area contributed by atoms with E-state index in [2.05, 4.69) is 6.92 Å². The molecular weight excluding hydrogens is 476 g/mol. The third-order valence-corrected chi connectivity index (χ3v) is 6.82. The molecule has 200 valence electrons. The Kier molecular flexibility index (Phi) is 9.79. The average Bonchev–Trinajstić information content (AvgIpc) is 3.12. The Balaban J connectivity index is 1.56. The van der Waals surface area contributed by atoms with Crippen LogP contribution in [0.25, 0.3) is 0 Å². The SMILES string of the molecule is CCCOc1ccc(CN(C(=O)COc2ccccc2)C2CCCCN(Cc3ccccc3)C2=O)cc1C. The zero-order chi connectivity index (χ0) is 26.7. The molecule has 0 spiro atoms. The molecule has 1 saturated heterocycles. The normalized spacial score (nSPS) is 15.6. The topological polar surface area (TPSA) is 59.1 Å². The Morgan fingerprint density at radius 1 is 0.947 bits per heavy atom. The fourth-order valence-corrected chi connectivity index (χ4v) is 4.83. The molecule has 0 bridgehead atoms. The minimum Gasteiger partial charge on any atom is -0.493 e. The van der Waals surface area contributed by atoms with Crippen LogP contribution in [0.4, 0.5) is 0 Å². The Morgan fingerprint density at radius 2 is 1.68 bits per heavy atom. The first-order valence-electron chi connectivity index (χ1n) is 13.6. The number of aryl methyl sites for hydroxylation is 1. The number of amides is 2. The maximum atomic E-state index is 13.9. The highest BCUT2D eigenvalue weighted by atomic mass is 16.5. The van der Waals surface area contributed by atoms with E-state index in [0.29, 0.717) is 38.4 Å². The molecule has 1 heterocycles. The summed E-state index contributed by atoms with van der Waals surface area (Å²) < 4.78 is 11.7. The molecule has 0 saturated carbocycles. The van der Waals surface area contributed by atoms with Gasteiger partial charge in [-0.1, -0.05) is 67.6 Å². The molecule has 1 aliphatic heterocycles. The lowest BCUT2D eigenvalue weighted by Crippen LogP contribution is -2.50. The summed E-state index contributed by atoms with van der Waals surface area (Å²) >= 11 is 0. The monoisotopic (exact) mass is 514 g/mol. The van der Waals surface area contributed by atoms with Crippen molar-refractivity contribution in [1.82, 2.24) is 9.80 Å². The number of hydrogen-bond donors (Lipinski definition) is 0. The van der Waals surface area contributed by atoms with Gasteiger partial charge in [-0.25, -0.2) is 0 Å². The predicted octanol–water partition coefficient (Wildman–Crippen LogP) is 5.77. The number of nitrogens with zero attached hydrogens (tertiary/aromatic N) is 2. The summed E-state index contributed by atoms with van der Waals surface area (Å²) in [5.74, 6) is 1.28. The standard InChI is InChI=1S/C32H38N2O4/c1-3-20-37-30-18-17-27(21-25(30)2)23-34(31(35)24-38-28-14-8-5-9-15-28)29-16-10-11-19-33(32(29)36)22-26-12-6-4-7-13-26/h4-9,12-15,17-18,21,29H,3,10-11,16,19-20,22-24H2,1-2H3. The molecule has 0 radical (unpaired) electrons. The van der Waals surface area contributed by atoms with E-state index < -0.39 is 6.04 Å². The van der Waals surface area contributed by atoms with E-state index in [4.69, 9.17) is 9.47 Å². The molecule has 0 N–H and O–H groups in total. The molecule has 0 aliphatic carbocycles. The number of likely N-dealkylation sites (tertiary alicyclic amines) is 1. The third-order valence-electron chi connectivity index (χ3n) is 6.82. The Labute approximate surface area is 226 Å². The van der Waals surface area contributed by atoms with Crippen LogP contribution in [-0.4, -0.2) is 47.4 Å². The number of para-hydroxylation sites is 1. The second-order valence-electron chi connectivity index (χ2n) is 9.83. The van der Waals surface area contributed by atoms with Gasteiger partial charge in [0, 0.05) is 19.6 Å². The van der Waals surface area contributed by atoms with E-state index in [1.807, 2.05) is 90.7 Å². The van der Waals surface area contributed by atoms with Crippen LogP contribution in [0, 0.1) is 6.92 Å². The van der Waals surface area contributed by atoms with Gasteiger partial charge in [-0.2, -0.15) is 0 Å². The summed E-state index contributed by atoms with van der Waals surface area (Å²) in [5, 5.41) is 0. The second-order valence-corrected chi connectivity index (χ2v) is 9.83. The Bertz CT molecular complexity index is 1180. The minimum absolute atomic E-state index is 0.000893.